The third kappa shape index (κ3) is 4.05. The SMILES string of the molecule is CN1C(=O)N(c2c(F)cc(C#Cc3ccccc3)cc2F)C(=O)C[C@]12CCCCCc1nn(C)cc12. The molecule has 6 nitrogen and oxygen atoms in total. The molecule has 5 rings (SSSR count). The number of halogens is 2. The Labute approximate surface area is 208 Å². The van der Waals surface area contributed by atoms with Crippen molar-refractivity contribution in [2.75, 3.05) is 11.9 Å². The van der Waals surface area contributed by atoms with Gasteiger partial charge in [-0.25, -0.2) is 18.5 Å². The van der Waals surface area contributed by atoms with Crippen molar-refractivity contribution in [3.63, 3.8) is 0 Å². The Morgan fingerprint density at radius 2 is 1.64 bits per heavy atom. The first-order valence-corrected chi connectivity index (χ1v) is 12.0. The lowest BCUT2D eigenvalue weighted by molar-refractivity contribution is -0.122. The number of hydrogen-bond donors (Lipinski definition) is 0. The monoisotopic (exact) mass is 488 g/mol. The standard InChI is InChI=1S/C28H26F2N4O2/c1-32-18-21-24(31-32)11-7-4-8-14-28(21)17-25(35)34(27(36)33(28)2)26-22(29)15-20(16-23(26)30)13-12-19-9-5-3-6-10-19/h3,5-6,9-10,15-16,18H,4,7-8,11,14,17H2,1-2H3/t28-/m0/s1. The van der Waals surface area contributed by atoms with E-state index in [9.17, 15) is 9.59 Å². The van der Waals surface area contributed by atoms with E-state index in [0.717, 1.165) is 49.1 Å². The first-order valence-electron chi connectivity index (χ1n) is 12.0. The first-order chi connectivity index (χ1) is 17.3. The number of hydrogen-bond acceptors (Lipinski definition) is 3. The van der Waals surface area contributed by atoms with Crippen LogP contribution >= 0.6 is 0 Å². The minimum Gasteiger partial charge on any atom is -0.317 e. The van der Waals surface area contributed by atoms with Gasteiger partial charge in [0.1, 0.15) is 5.69 Å². The number of benzene rings is 2. The molecule has 8 heteroatoms. The summed E-state index contributed by atoms with van der Waals surface area (Å²) in [5.74, 6) is 2.92. The largest absolute Gasteiger partial charge is 0.332 e. The summed E-state index contributed by atoms with van der Waals surface area (Å²) < 4.78 is 32.1. The molecule has 0 N–H and O–H groups in total. The Morgan fingerprint density at radius 1 is 0.944 bits per heavy atom. The molecule has 2 aliphatic rings. The number of amides is 3. The number of aromatic nitrogens is 2. The summed E-state index contributed by atoms with van der Waals surface area (Å²) in [6, 6.07) is 10.4. The van der Waals surface area contributed by atoms with Crippen molar-refractivity contribution in [1.82, 2.24) is 14.7 Å². The Morgan fingerprint density at radius 3 is 2.36 bits per heavy atom. The Balaban J connectivity index is 1.51. The zero-order valence-corrected chi connectivity index (χ0v) is 20.2. The van der Waals surface area contributed by atoms with Gasteiger partial charge < -0.3 is 4.90 Å². The van der Waals surface area contributed by atoms with Gasteiger partial charge >= 0.3 is 6.03 Å². The highest BCUT2D eigenvalue weighted by Gasteiger charge is 2.51. The Hall–Kier alpha value is -3.99. The molecule has 1 fully saturated rings. The lowest BCUT2D eigenvalue weighted by atomic mass is 9.77. The van der Waals surface area contributed by atoms with Crippen LogP contribution in [-0.2, 0) is 23.8 Å². The van der Waals surface area contributed by atoms with Crippen LogP contribution in [0.3, 0.4) is 0 Å². The van der Waals surface area contributed by atoms with Crippen molar-refractivity contribution in [2.45, 2.75) is 44.1 Å². The van der Waals surface area contributed by atoms with Gasteiger partial charge in [-0.3, -0.25) is 9.48 Å². The van der Waals surface area contributed by atoms with E-state index in [1.54, 1.807) is 23.9 Å². The van der Waals surface area contributed by atoms with Gasteiger partial charge in [0.05, 0.1) is 17.7 Å². The zero-order chi connectivity index (χ0) is 25.4. The van der Waals surface area contributed by atoms with Crippen molar-refractivity contribution in [1.29, 1.82) is 0 Å². The predicted octanol–water partition coefficient (Wildman–Crippen LogP) is 4.90. The van der Waals surface area contributed by atoms with Crippen LogP contribution < -0.4 is 4.90 Å². The fourth-order valence-electron chi connectivity index (χ4n) is 5.29. The molecule has 36 heavy (non-hydrogen) atoms. The van der Waals surface area contributed by atoms with Gasteiger partial charge in [-0.1, -0.05) is 42.9 Å². The van der Waals surface area contributed by atoms with Crippen LogP contribution in [0.5, 0.6) is 0 Å². The third-order valence-corrected chi connectivity index (χ3v) is 7.09. The summed E-state index contributed by atoms with van der Waals surface area (Å²) in [4.78, 5) is 29.1. The molecule has 1 spiro atoms. The van der Waals surface area contributed by atoms with E-state index in [-0.39, 0.29) is 12.0 Å². The van der Waals surface area contributed by atoms with E-state index in [4.69, 9.17) is 0 Å². The molecule has 3 amide bonds. The predicted molar refractivity (Wildman–Crippen MR) is 131 cm³/mol. The van der Waals surface area contributed by atoms with Crippen LogP contribution in [0, 0.1) is 23.5 Å². The van der Waals surface area contributed by atoms with E-state index in [1.165, 1.54) is 4.90 Å². The van der Waals surface area contributed by atoms with Crippen molar-refractivity contribution < 1.29 is 18.4 Å². The topological polar surface area (TPSA) is 58.4 Å². The second-order valence-electron chi connectivity index (χ2n) is 9.41. The molecule has 0 saturated carbocycles. The van der Waals surface area contributed by atoms with Crippen LogP contribution in [0.15, 0.2) is 48.7 Å². The summed E-state index contributed by atoms with van der Waals surface area (Å²) in [5, 5.41) is 4.56. The van der Waals surface area contributed by atoms with Gasteiger partial charge in [-0.15, -0.1) is 0 Å². The highest BCUT2D eigenvalue weighted by Crippen LogP contribution is 2.45. The number of nitrogens with zero attached hydrogens (tertiary/aromatic N) is 4. The Kier molecular flexibility index (Phi) is 6.09. The molecule has 2 aromatic carbocycles. The minimum atomic E-state index is -1.02. The van der Waals surface area contributed by atoms with E-state index >= 15 is 8.78 Å². The summed E-state index contributed by atoms with van der Waals surface area (Å²) >= 11 is 0. The van der Waals surface area contributed by atoms with Crippen molar-refractivity contribution >= 4 is 17.6 Å². The minimum absolute atomic E-state index is 0.0810. The quantitative estimate of drug-likeness (QED) is 0.458. The first kappa shape index (κ1) is 23.7. The summed E-state index contributed by atoms with van der Waals surface area (Å²) in [6.07, 6.45) is 5.87. The van der Waals surface area contributed by atoms with Gasteiger partial charge in [0.15, 0.2) is 11.6 Å². The summed E-state index contributed by atoms with van der Waals surface area (Å²) in [7, 11) is 3.40. The average Bonchev–Trinajstić information content (AvgIpc) is 3.22. The number of carbonyl (C=O) groups is 2. The van der Waals surface area contributed by atoms with Gasteiger partial charge in [0.2, 0.25) is 5.91 Å². The van der Waals surface area contributed by atoms with Crippen LogP contribution in [0.1, 0.15) is 54.5 Å². The smallest absolute Gasteiger partial charge is 0.317 e. The molecular formula is C28H26F2N4O2. The van der Waals surface area contributed by atoms with Gasteiger partial charge in [0, 0.05) is 37.0 Å². The number of fused-ring (bicyclic) bond motifs is 2. The van der Waals surface area contributed by atoms with Gasteiger partial charge in [-0.2, -0.15) is 5.10 Å². The molecular weight excluding hydrogens is 462 g/mol. The third-order valence-electron chi connectivity index (χ3n) is 7.09. The van der Waals surface area contributed by atoms with Gasteiger partial charge in [0.25, 0.3) is 0 Å². The van der Waals surface area contributed by atoms with Crippen molar-refractivity contribution in [3.8, 4) is 11.8 Å². The molecule has 0 radical (unpaired) electrons. The van der Waals surface area contributed by atoms with Gasteiger partial charge in [-0.05, 0) is 43.5 Å². The lowest BCUT2D eigenvalue weighted by Crippen LogP contribution is -2.61. The summed E-state index contributed by atoms with van der Waals surface area (Å²) in [6.45, 7) is 0. The maximum absolute atomic E-state index is 15.2. The molecule has 1 aromatic heterocycles. The second kappa shape index (κ2) is 9.23. The van der Waals surface area contributed by atoms with E-state index < -0.39 is 34.8 Å². The molecule has 184 valence electrons. The number of carbonyl (C=O) groups excluding carboxylic acids is 2. The molecule has 1 aliphatic carbocycles. The molecule has 0 bridgehead atoms. The lowest BCUT2D eigenvalue weighted by Gasteiger charge is -2.48. The van der Waals surface area contributed by atoms with Crippen molar-refractivity contribution in [3.05, 3.63) is 82.7 Å². The van der Waals surface area contributed by atoms with E-state index in [0.29, 0.717) is 16.9 Å². The molecule has 3 aromatic rings. The molecule has 1 atom stereocenters. The molecule has 1 saturated heterocycles. The van der Waals surface area contributed by atoms with Crippen molar-refractivity contribution in [2.24, 2.45) is 7.05 Å². The number of urea groups is 1. The zero-order valence-electron chi connectivity index (χ0n) is 20.2. The molecule has 2 heterocycles. The average molecular weight is 489 g/mol. The molecule has 1 aliphatic heterocycles. The number of imide groups is 1. The number of rotatable bonds is 1. The van der Waals surface area contributed by atoms with Crippen LogP contribution in [-0.4, -0.2) is 33.7 Å². The number of anilines is 1. The maximum atomic E-state index is 15.2. The highest BCUT2D eigenvalue weighted by atomic mass is 19.1. The summed E-state index contributed by atoms with van der Waals surface area (Å²) in [5.41, 5.74) is 0.930. The van der Waals surface area contributed by atoms with E-state index in [1.807, 2.05) is 31.4 Å². The fraction of sp³-hybridized carbons (Fsp3) is 0.321. The van der Waals surface area contributed by atoms with E-state index in [2.05, 4.69) is 16.9 Å². The van der Waals surface area contributed by atoms with Crippen LogP contribution in [0.4, 0.5) is 19.3 Å². The normalized spacial score (nSPS) is 20.0. The fourth-order valence-corrected chi connectivity index (χ4v) is 5.29. The molecule has 0 unspecified atom stereocenters. The van der Waals surface area contributed by atoms with Crippen LogP contribution in [0.25, 0.3) is 0 Å². The number of aryl methyl sites for hydroxylation is 2. The highest BCUT2D eigenvalue weighted by molar-refractivity contribution is 6.16. The second-order valence-corrected chi connectivity index (χ2v) is 9.41. The van der Waals surface area contributed by atoms with Crippen LogP contribution in [0.2, 0.25) is 0 Å². The Bertz CT molecular complexity index is 1380. The maximum Gasteiger partial charge on any atom is 0.332 e.